The molecule has 5 heteroatoms. The topological polar surface area (TPSA) is 36.9 Å². The molecule has 0 aromatic rings. The van der Waals surface area contributed by atoms with Gasteiger partial charge in [0.25, 0.3) is 0 Å². The fourth-order valence-corrected chi connectivity index (χ4v) is 6.23. The Morgan fingerprint density at radius 3 is 2.26 bits per heavy atom. The van der Waals surface area contributed by atoms with Crippen LogP contribution >= 0.6 is 11.8 Å². The molecule has 0 aromatic heterocycles. The van der Waals surface area contributed by atoms with Crippen LogP contribution in [0.4, 0.5) is 0 Å². The molecule has 1 aliphatic carbocycles. The molecular formula is C26H42O4S. The normalized spacial score (nSPS) is 40.1. The molecule has 0 radical (unpaired) electrons. The van der Waals surface area contributed by atoms with Crippen LogP contribution in [-0.2, 0) is 18.9 Å². The summed E-state index contributed by atoms with van der Waals surface area (Å²) in [7, 11) is 0. The summed E-state index contributed by atoms with van der Waals surface area (Å²) in [5.41, 5.74) is 1.56. The summed E-state index contributed by atoms with van der Waals surface area (Å²) in [6.07, 6.45) is 16.6. The Bertz CT molecular complexity index is 582. The zero-order valence-electron chi connectivity index (χ0n) is 19.5. The van der Waals surface area contributed by atoms with E-state index in [1.54, 1.807) is 5.57 Å². The predicted octanol–water partition coefficient (Wildman–Crippen LogP) is 5.97. The SMILES string of the molecule is CC1=CCC(CCC2COC(C3OCC(/C=C/CC4CCC(C)SC4)CO3)OC2)CC1. The second kappa shape index (κ2) is 12.2. The average molecular weight is 451 g/mol. The van der Waals surface area contributed by atoms with E-state index < -0.39 is 0 Å². The lowest BCUT2D eigenvalue weighted by molar-refractivity contribution is -0.328. The predicted molar refractivity (Wildman–Crippen MR) is 127 cm³/mol. The summed E-state index contributed by atoms with van der Waals surface area (Å²) in [5, 5.41) is 0.843. The number of allylic oxidation sites excluding steroid dienone is 3. The van der Waals surface area contributed by atoms with Crippen LogP contribution in [0.2, 0.25) is 0 Å². The van der Waals surface area contributed by atoms with E-state index in [9.17, 15) is 0 Å². The zero-order valence-corrected chi connectivity index (χ0v) is 20.3. The molecule has 3 fully saturated rings. The molecule has 4 aliphatic rings. The van der Waals surface area contributed by atoms with Crippen molar-refractivity contribution in [1.82, 2.24) is 0 Å². The molecule has 4 rings (SSSR count). The molecule has 3 heterocycles. The largest absolute Gasteiger partial charge is 0.348 e. The van der Waals surface area contributed by atoms with Gasteiger partial charge < -0.3 is 18.9 Å². The van der Waals surface area contributed by atoms with E-state index in [1.807, 2.05) is 0 Å². The van der Waals surface area contributed by atoms with Crippen molar-refractivity contribution < 1.29 is 18.9 Å². The maximum Gasteiger partial charge on any atom is 0.209 e. The second-order valence-corrected chi connectivity index (χ2v) is 11.7. The smallest absolute Gasteiger partial charge is 0.209 e. The molecule has 31 heavy (non-hydrogen) atoms. The van der Waals surface area contributed by atoms with Gasteiger partial charge in [0.1, 0.15) is 0 Å². The van der Waals surface area contributed by atoms with Gasteiger partial charge in [0.15, 0.2) is 0 Å². The van der Waals surface area contributed by atoms with Crippen LogP contribution in [-0.4, -0.2) is 50.0 Å². The third-order valence-electron chi connectivity index (χ3n) is 7.37. The van der Waals surface area contributed by atoms with Crippen molar-refractivity contribution >= 4 is 11.8 Å². The maximum atomic E-state index is 5.99. The molecule has 4 nitrogen and oxygen atoms in total. The van der Waals surface area contributed by atoms with Gasteiger partial charge in [-0.25, -0.2) is 0 Å². The summed E-state index contributed by atoms with van der Waals surface area (Å²) in [6, 6.07) is 0. The molecule has 3 unspecified atom stereocenters. The molecule has 0 bridgehead atoms. The fourth-order valence-electron chi connectivity index (χ4n) is 5.02. The number of hydrogen-bond donors (Lipinski definition) is 0. The number of rotatable bonds is 7. The summed E-state index contributed by atoms with van der Waals surface area (Å²) in [5.74, 6) is 3.84. The Labute approximate surface area is 193 Å². The van der Waals surface area contributed by atoms with Gasteiger partial charge in [-0.2, -0.15) is 11.8 Å². The van der Waals surface area contributed by atoms with E-state index in [2.05, 4.69) is 43.8 Å². The van der Waals surface area contributed by atoms with Gasteiger partial charge in [-0.15, -0.1) is 0 Å². The van der Waals surface area contributed by atoms with Crippen LogP contribution in [0.15, 0.2) is 23.8 Å². The summed E-state index contributed by atoms with van der Waals surface area (Å²) >= 11 is 2.13. The molecule has 3 saturated heterocycles. The van der Waals surface area contributed by atoms with Crippen molar-refractivity contribution in [3.63, 3.8) is 0 Å². The minimum Gasteiger partial charge on any atom is -0.348 e. The summed E-state index contributed by atoms with van der Waals surface area (Å²) in [6.45, 7) is 7.51. The van der Waals surface area contributed by atoms with E-state index in [0.717, 1.165) is 30.3 Å². The van der Waals surface area contributed by atoms with E-state index >= 15 is 0 Å². The Morgan fingerprint density at radius 2 is 1.61 bits per heavy atom. The summed E-state index contributed by atoms with van der Waals surface area (Å²) < 4.78 is 23.9. The monoisotopic (exact) mass is 450 g/mol. The van der Waals surface area contributed by atoms with Crippen molar-refractivity contribution in [2.24, 2.45) is 23.7 Å². The van der Waals surface area contributed by atoms with Crippen LogP contribution in [0, 0.1) is 23.7 Å². The van der Waals surface area contributed by atoms with Crippen molar-refractivity contribution in [3.05, 3.63) is 23.8 Å². The quantitative estimate of drug-likeness (QED) is 0.447. The number of ether oxygens (including phenoxy) is 4. The van der Waals surface area contributed by atoms with Crippen molar-refractivity contribution in [2.75, 3.05) is 32.2 Å². The molecule has 0 saturated carbocycles. The van der Waals surface area contributed by atoms with Crippen LogP contribution < -0.4 is 0 Å². The molecular weight excluding hydrogens is 408 g/mol. The van der Waals surface area contributed by atoms with Crippen LogP contribution in [0.3, 0.4) is 0 Å². The molecule has 176 valence electrons. The van der Waals surface area contributed by atoms with Gasteiger partial charge in [-0.1, -0.05) is 30.7 Å². The highest BCUT2D eigenvalue weighted by molar-refractivity contribution is 7.99. The lowest BCUT2D eigenvalue weighted by Gasteiger charge is -2.37. The standard InChI is InChI=1S/C26H42O4S/c1-19-6-9-21(10-7-19)12-13-24-16-29-26(30-17-24)25-27-14-23(15-28-25)5-3-4-22-11-8-20(2)31-18-22/h3,5-6,20-26H,4,7-18H2,1-2H3/b5-3+. The van der Waals surface area contributed by atoms with E-state index in [0.29, 0.717) is 25.0 Å². The molecule has 3 aliphatic heterocycles. The second-order valence-electron chi connectivity index (χ2n) is 10.2. The highest BCUT2D eigenvalue weighted by Gasteiger charge is 2.34. The Kier molecular flexibility index (Phi) is 9.39. The number of thioether (sulfide) groups is 1. The lowest BCUT2D eigenvalue weighted by Crippen LogP contribution is -2.46. The third-order valence-corrected chi connectivity index (χ3v) is 8.84. The Balaban J connectivity index is 1.08. The first-order valence-corrected chi connectivity index (χ1v) is 13.6. The van der Waals surface area contributed by atoms with Gasteiger partial charge in [-0.3, -0.25) is 0 Å². The molecule has 0 N–H and O–H groups in total. The summed E-state index contributed by atoms with van der Waals surface area (Å²) in [4.78, 5) is 0. The first-order valence-electron chi connectivity index (χ1n) is 12.6. The molecule has 0 aromatic carbocycles. The van der Waals surface area contributed by atoms with E-state index in [1.165, 1.54) is 57.1 Å². The van der Waals surface area contributed by atoms with Gasteiger partial charge >= 0.3 is 0 Å². The van der Waals surface area contributed by atoms with Crippen LogP contribution in [0.25, 0.3) is 0 Å². The first kappa shape index (κ1) is 23.8. The van der Waals surface area contributed by atoms with Gasteiger partial charge in [0.05, 0.1) is 26.4 Å². The van der Waals surface area contributed by atoms with Gasteiger partial charge in [-0.05, 0) is 75.9 Å². The van der Waals surface area contributed by atoms with Crippen molar-refractivity contribution in [3.8, 4) is 0 Å². The van der Waals surface area contributed by atoms with Crippen LogP contribution in [0.1, 0.15) is 65.2 Å². The van der Waals surface area contributed by atoms with E-state index in [4.69, 9.17) is 18.9 Å². The zero-order chi connectivity index (χ0) is 21.5. The molecule has 0 amide bonds. The Hall–Kier alpha value is -0.330. The van der Waals surface area contributed by atoms with Crippen molar-refractivity contribution in [2.45, 2.75) is 83.0 Å². The molecule has 3 atom stereocenters. The fraction of sp³-hybridized carbons (Fsp3) is 0.846. The molecule has 0 spiro atoms. The maximum absolute atomic E-state index is 5.99. The van der Waals surface area contributed by atoms with Gasteiger partial charge in [0.2, 0.25) is 12.6 Å². The number of hydrogen-bond acceptors (Lipinski definition) is 5. The van der Waals surface area contributed by atoms with Crippen molar-refractivity contribution in [1.29, 1.82) is 0 Å². The first-order chi connectivity index (χ1) is 15.2. The average Bonchev–Trinajstić information content (AvgIpc) is 2.81. The Morgan fingerprint density at radius 1 is 0.903 bits per heavy atom. The third kappa shape index (κ3) is 7.60. The minimum absolute atomic E-state index is 0.343. The lowest BCUT2D eigenvalue weighted by atomic mass is 9.85. The van der Waals surface area contributed by atoms with E-state index in [-0.39, 0.29) is 12.6 Å². The highest BCUT2D eigenvalue weighted by Crippen LogP contribution is 2.32. The highest BCUT2D eigenvalue weighted by atomic mass is 32.2. The van der Waals surface area contributed by atoms with Gasteiger partial charge in [0, 0.05) is 17.1 Å². The van der Waals surface area contributed by atoms with Crippen LogP contribution in [0.5, 0.6) is 0 Å². The minimum atomic E-state index is -0.381.